The molecule has 0 aromatic heterocycles. The first-order valence-corrected chi connectivity index (χ1v) is 7.89. The van der Waals surface area contributed by atoms with Crippen LogP contribution in [0, 0.1) is 5.41 Å². The number of nitrogens with one attached hydrogen (secondary N) is 1. The van der Waals surface area contributed by atoms with E-state index < -0.39 is 12.6 Å². The van der Waals surface area contributed by atoms with Crippen LogP contribution in [0.4, 0.5) is 13.2 Å². The zero-order valence-corrected chi connectivity index (χ0v) is 13.4. The Morgan fingerprint density at radius 2 is 2.05 bits per heavy atom. The second kappa shape index (κ2) is 7.90. The maximum absolute atomic E-state index is 12.3. The minimum absolute atomic E-state index is 0.202. The van der Waals surface area contributed by atoms with Crippen LogP contribution in [-0.2, 0) is 0 Å². The molecule has 1 heterocycles. The SMILES string of the molecule is CCCC1(C)CCCN(C(=NCCC(F)(F)F)NCC)C1. The van der Waals surface area contributed by atoms with E-state index in [4.69, 9.17) is 0 Å². The summed E-state index contributed by atoms with van der Waals surface area (Å²) >= 11 is 0. The van der Waals surface area contributed by atoms with Crippen molar-refractivity contribution in [3.05, 3.63) is 0 Å². The van der Waals surface area contributed by atoms with Gasteiger partial charge in [-0.1, -0.05) is 20.3 Å². The summed E-state index contributed by atoms with van der Waals surface area (Å²) in [4.78, 5) is 6.28. The van der Waals surface area contributed by atoms with Crippen LogP contribution >= 0.6 is 0 Å². The Bertz CT molecular complexity index is 338. The molecule has 0 bridgehead atoms. The molecule has 0 aromatic carbocycles. The van der Waals surface area contributed by atoms with E-state index >= 15 is 0 Å². The van der Waals surface area contributed by atoms with Gasteiger partial charge < -0.3 is 10.2 Å². The van der Waals surface area contributed by atoms with Gasteiger partial charge in [0, 0.05) is 19.6 Å². The molecule has 0 radical (unpaired) electrons. The fraction of sp³-hybridized carbons (Fsp3) is 0.933. The van der Waals surface area contributed by atoms with E-state index in [0.29, 0.717) is 12.5 Å². The van der Waals surface area contributed by atoms with Crippen molar-refractivity contribution >= 4 is 5.96 Å². The fourth-order valence-corrected chi connectivity index (χ4v) is 3.02. The van der Waals surface area contributed by atoms with Crippen LogP contribution in [0.1, 0.15) is 52.9 Å². The molecule has 1 rings (SSSR count). The topological polar surface area (TPSA) is 27.6 Å². The maximum atomic E-state index is 12.3. The predicted molar refractivity (Wildman–Crippen MR) is 80.5 cm³/mol. The number of guanidine groups is 1. The first-order chi connectivity index (χ1) is 9.79. The molecule has 1 atom stereocenters. The van der Waals surface area contributed by atoms with Gasteiger partial charge in [0.15, 0.2) is 5.96 Å². The van der Waals surface area contributed by atoms with Crippen molar-refractivity contribution in [1.82, 2.24) is 10.2 Å². The Kier molecular flexibility index (Phi) is 6.81. The number of piperidine rings is 1. The lowest BCUT2D eigenvalue weighted by Gasteiger charge is -2.42. The average Bonchev–Trinajstić information content (AvgIpc) is 2.36. The largest absolute Gasteiger partial charge is 0.390 e. The number of aliphatic imine (C=N–C) groups is 1. The van der Waals surface area contributed by atoms with Gasteiger partial charge in [0.05, 0.1) is 13.0 Å². The molecule has 124 valence electrons. The number of hydrogen-bond donors (Lipinski definition) is 1. The molecule has 0 saturated carbocycles. The molecular weight excluding hydrogens is 279 g/mol. The second-order valence-electron chi connectivity index (χ2n) is 6.19. The van der Waals surface area contributed by atoms with E-state index in [1.54, 1.807) is 0 Å². The Morgan fingerprint density at radius 1 is 1.33 bits per heavy atom. The highest BCUT2D eigenvalue weighted by atomic mass is 19.4. The molecule has 1 aliphatic rings. The standard InChI is InChI=1S/C15H28F3N3/c1-4-7-14(3)8-6-11-21(12-14)13(19-5-2)20-10-9-15(16,17)18/h4-12H2,1-3H3,(H,19,20). The van der Waals surface area contributed by atoms with Crippen molar-refractivity contribution in [2.75, 3.05) is 26.2 Å². The number of hydrogen-bond acceptors (Lipinski definition) is 1. The van der Waals surface area contributed by atoms with Crippen molar-refractivity contribution in [3.8, 4) is 0 Å². The van der Waals surface area contributed by atoms with E-state index in [1.807, 2.05) is 6.92 Å². The summed E-state index contributed by atoms with van der Waals surface area (Å²) in [5.41, 5.74) is 0.243. The van der Waals surface area contributed by atoms with Crippen LogP contribution < -0.4 is 5.32 Å². The van der Waals surface area contributed by atoms with Crippen LogP contribution in [0.2, 0.25) is 0 Å². The van der Waals surface area contributed by atoms with E-state index in [9.17, 15) is 13.2 Å². The molecule has 0 spiro atoms. The number of nitrogens with zero attached hydrogens (tertiary/aromatic N) is 2. The monoisotopic (exact) mass is 307 g/mol. The molecule has 6 heteroatoms. The smallest absolute Gasteiger partial charge is 0.357 e. The zero-order valence-electron chi connectivity index (χ0n) is 13.4. The summed E-state index contributed by atoms with van der Waals surface area (Å²) in [5.74, 6) is 0.628. The van der Waals surface area contributed by atoms with Crippen molar-refractivity contribution in [2.24, 2.45) is 10.4 Å². The third-order valence-electron chi connectivity index (χ3n) is 3.93. The first kappa shape index (κ1) is 18.1. The van der Waals surface area contributed by atoms with E-state index in [0.717, 1.165) is 32.4 Å². The van der Waals surface area contributed by atoms with Crippen LogP contribution in [0.15, 0.2) is 4.99 Å². The van der Waals surface area contributed by atoms with Gasteiger partial charge in [-0.15, -0.1) is 0 Å². The minimum atomic E-state index is -4.14. The molecule has 1 N–H and O–H groups in total. The molecule has 0 aliphatic carbocycles. The van der Waals surface area contributed by atoms with E-state index in [-0.39, 0.29) is 12.0 Å². The minimum Gasteiger partial charge on any atom is -0.357 e. The van der Waals surface area contributed by atoms with Crippen LogP contribution in [-0.4, -0.2) is 43.2 Å². The van der Waals surface area contributed by atoms with E-state index in [2.05, 4.69) is 29.1 Å². The van der Waals surface area contributed by atoms with Gasteiger partial charge in [0.1, 0.15) is 0 Å². The molecule has 1 aliphatic heterocycles. The number of rotatable bonds is 5. The molecule has 1 unspecified atom stereocenters. The molecule has 3 nitrogen and oxygen atoms in total. The van der Waals surface area contributed by atoms with Gasteiger partial charge in [-0.05, 0) is 31.6 Å². The molecule has 21 heavy (non-hydrogen) atoms. The second-order valence-corrected chi connectivity index (χ2v) is 6.19. The van der Waals surface area contributed by atoms with Crippen LogP contribution in [0.5, 0.6) is 0 Å². The maximum Gasteiger partial charge on any atom is 0.390 e. The summed E-state index contributed by atoms with van der Waals surface area (Å²) < 4.78 is 36.8. The highest BCUT2D eigenvalue weighted by Crippen LogP contribution is 2.33. The molecular formula is C15H28F3N3. The molecule has 1 fully saturated rings. The van der Waals surface area contributed by atoms with Gasteiger partial charge in [-0.25, -0.2) is 0 Å². The molecule has 0 amide bonds. The Balaban J connectivity index is 2.68. The van der Waals surface area contributed by atoms with Crippen LogP contribution in [0.25, 0.3) is 0 Å². The first-order valence-electron chi connectivity index (χ1n) is 7.89. The van der Waals surface area contributed by atoms with E-state index in [1.165, 1.54) is 6.42 Å². The van der Waals surface area contributed by atoms with Crippen molar-refractivity contribution in [2.45, 2.75) is 59.1 Å². The number of likely N-dealkylation sites (tertiary alicyclic amines) is 1. The summed E-state index contributed by atoms with van der Waals surface area (Å²) in [6.45, 7) is 8.59. The predicted octanol–water partition coefficient (Wildman–Crippen LogP) is 3.81. The summed E-state index contributed by atoms with van der Waals surface area (Å²) in [7, 11) is 0. The quantitative estimate of drug-likeness (QED) is 0.618. The normalized spacial score (nSPS) is 24.3. The third kappa shape index (κ3) is 6.57. The number of alkyl halides is 3. The molecule has 1 saturated heterocycles. The van der Waals surface area contributed by atoms with Gasteiger partial charge in [0.2, 0.25) is 0 Å². The van der Waals surface area contributed by atoms with Gasteiger partial charge >= 0.3 is 6.18 Å². The van der Waals surface area contributed by atoms with Crippen LogP contribution in [0.3, 0.4) is 0 Å². The lowest BCUT2D eigenvalue weighted by atomic mass is 9.78. The zero-order chi connectivity index (χ0) is 15.9. The summed E-state index contributed by atoms with van der Waals surface area (Å²) in [6, 6.07) is 0. The van der Waals surface area contributed by atoms with Gasteiger partial charge in [-0.2, -0.15) is 13.2 Å². The van der Waals surface area contributed by atoms with Crippen molar-refractivity contribution in [1.29, 1.82) is 0 Å². The Morgan fingerprint density at radius 3 is 2.62 bits per heavy atom. The molecule has 0 aromatic rings. The lowest BCUT2D eigenvalue weighted by Crippen LogP contribution is -2.49. The third-order valence-corrected chi connectivity index (χ3v) is 3.93. The number of halogens is 3. The lowest BCUT2D eigenvalue weighted by molar-refractivity contribution is -0.132. The summed E-state index contributed by atoms with van der Waals surface area (Å²) in [5, 5.41) is 3.13. The van der Waals surface area contributed by atoms with Gasteiger partial charge in [-0.3, -0.25) is 4.99 Å². The highest BCUT2D eigenvalue weighted by Gasteiger charge is 2.32. The van der Waals surface area contributed by atoms with Crippen molar-refractivity contribution < 1.29 is 13.2 Å². The Hall–Kier alpha value is -0.940. The van der Waals surface area contributed by atoms with Gasteiger partial charge in [0.25, 0.3) is 0 Å². The van der Waals surface area contributed by atoms with Crippen molar-refractivity contribution in [3.63, 3.8) is 0 Å². The highest BCUT2D eigenvalue weighted by molar-refractivity contribution is 5.80. The fourth-order valence-electron chi connectivity index (χ4n) is 3.02. The summed E-state index contributed by atoms with van der Waals surface area (Å²) in [6.07, 6.45) is -0.474. The average molecular weight is 307 g/mol. The Labute approximate surface area is 126 Å².